The molecule has 11 nitrogen and oxygen atoms in total. The van der Waals surface area contributed by atoms with E-state index in [-0.39, 0.29) is 29.5 Å². The quantitative estimate of drug-likeness (QED) is 0.359. The van der Waals surface area contributed by atoms with Crippen molar-refractivity contribution in [2.24, 2.45) is 17.4 Å². The van der Waals surface area contributed by atoms with Gasteiger partial charge in [-0.2, -0.15) is 5.10 Å². The molecule has 0 spiro atoms. The van der Waals surface area contributed by atoms with Crippen LogP contribution in [0.5, 0.6) is 0 Å². The smallest absolute Gasteiger partial charge is 0.276 e. The number of rotatable bonds is 7. The number of hydrogen-bond donors (Lipinski definition) is 0. The Hall–Kier alpha value is -3.28. The third-order valence-electron chi connectivity index (χ3n) is 4.56. The first-order chi connectivity index (χ1) is 14.5. The van der Waals surface area contributed by atoms with Gasteiger partial charge in [-0.1, -0.05) is 22.4 Å². The first-order valence-electron chi connectivity index (χ1n) is 9.38. The summed E-state index contributed by atoms with van der Waals surface area (Å²) in [7, 11) is -2.13. The summed E-state index contributed by atoms with van der Waals surface area (Å²) in [5.41, 5.74) is 0.688. The number of nitrogens with zero attached hydrogens (tertiary/aromatic N) is 5. The van der Waals surface area contributed by atoms with Crippen molar-refractivity contribution in [2.45, 2.75) is 39.4 Å². The maximum atomic E-state index is 12.9. The van der Waals surface area contributed by atoms with Crippen molar-refractivity contribution in [1.82, 2.24) is 9.78 Å². The van der Waals surface area contributed by atoms with Gasteiger partial charge in [0.2, 0.25) is 9.84 Å². The first kappa shape index (κ1) is 22.4. The predicted octanol–water partition coefficient (Wildman–Crippen LogP) is 2.48. The second-order valence-corrected chi connectivity index (χ2v) is 9.76. The zero-order valence-electron chi connectivity index (χ0n) is 17.6. The van der Waals surface area contributed by atoms with E-state index in [1.165, 1.54) is 10.7 Å². The fourth-order valence-corrected chi connectivity index (χ4v) is 4.51. The normalized spacial score (nSPS) is 16.0. The molecule has 1 aromatic heterocycles. The molecular weight excluding hydrogens is 426 g/mol. The second kappa shape index (κ2) is 8.46. The lowest BCUT2D eigenvalue weighted by Crippen LogP contribution is -2.27. The molecule has 1 aromatic carbocycles. The standard InChI is InChI=1S/C19H23N5O6S/c1-13-15(10-23(4)20-13)16(12-31(27,28)18-9-19(2,3)30-22-18)21-29-11-14-7-5-6-8-17(14)24(25)26/h5-8,10H,9,11-12H2,1-4H3. The molecule has 0 fully saturated rings. The summed E-state index contributed by atoms with van der Waals surface area (Å²) in [5.74, 6) is -0.477. The monoisotopic (exact) mass is 449 g/mol. The number of hydrogen-bond acceptors (Lipinski definition) is 9. The van der Waals surface area contributed by atoms with Crippen LogP contribution in [0.15, 0.2) is 40.8 Å². The van der Waals surface area contributed by atoms with E-state index in [1.807, 2.05) is 0 Å². The lowest BCUT2D eigenvalue weighted by Gasteiger charge is -2.13. The molecule has 166 valence electrons. The number of aromatic nitrogens is 2. The van der Waals surface area contributed by atoms with Gasteiger partial charge in [0.1, 0.15) is 23.7 Å². The van der Waals surface area contributed by atoms with Crippen LogP contribution in [0.3, 0.4) is 0 Å². The largest absolute Gasteiger partial charge is 0.390 e. The molecule has 0 saturated carbocycles. The average molecular weight is 449 g/mol. The van der Waals surface area contributed by atoms with Crippen LogP contribution in [0.2, 0.25) is 0 Å². The number of nitro groups is 1. The molecule has 0 bridgehead atoms. The van der Waals surface area contributed by atoms with Gasteiger partial charge in [-0.05, 0) is 26.8 Å². The van der Waals surface area contributed by atoms with Gasteiger partial charge in [0.15, 0.2) is 5.04 Å². The first-order valence-corrected chi connectivity index (χ1v) is 11.0. The van der Waals surface area contributed by atoms with Crippen molar-refractivity contribution in [3.8, 4) is 0 Å². The molecule has 12 heteroatoms. The van der Waals surface area contributed by atoms with E-state index in [0.717, 1.165) is 0 Å². The Kier molecular flexibility index (Phi) is 6.11. The fourth-order valence-electron chi connectivity index (χ4n) is 3.06. The topological polar surface area (TPSA) is 138 Å². The van der Waals surface area contributed by atoms with Crippen molar-refractivity contribution in [3.05, 3.63) is 57.4 Å². The molecule has 31 heavy (non-hydrogen) atoms. The Morgan fingerprint density at radius 1 is 1.39 bits per heavy atom. The van der Waals surface area contributed by atoms with Gasteiger partial charge in [0.25, 0.3) is 5.69 Å². The van der Waals surface area contributed by atoms with Gasteiger partial charge in [0, 0.05) is 31.3 Å². The van der Waals surface area contributed by atoms with Crippen molar-refractivity contribution >= 4 is 26.3 Å². The van der Waals surface area contributed by atoms with Crippen LogP contribution in [0, 0.1) is 17.0 Å². The number of nitro benzene ring substituents is 1. The number of benzene rings is 1. The van der Waals surface area contributed by atoms with E-state index in [2.05, 4.69) is 15.4 Å². The van der Waals surface area contributed by atoms with Crippen molar-refractivity contribution in [2.75, 3.05) is 5.75 Å². The SMILES string of the molecule is Cc1nn(C)cc1C(CS(=O)(=O)C1=NOC(C)(C)C1)=NOCc1ccccc1[N+](=O)[O-]. The highest BCUT2D eigenvalue weighted by Gasteiger charge is 2.37. The summed E-state index contributed by atoms with van der Waals surface area (Å²) < 4.78 is 27.4. The third kappa shape index (κ3) is 5.26. The lowest BCUT2D eigenvalue weighted by atomic mass is 10.1. The fraction of sp³-hybridized carbons (Fsp3) is 0.421. The highest BCUT2D eigenvalue weighted by Crippen LogP contribution is 2.26. The third-order valence-corrected chi connectivity index (χ3v) is 6.16. The maximum absolute atomic E-state index is 12.9. The molecule has 0 unspecified atom stereocenters. The Morgan fingerprint density at radius 3 is 2.68 bits per heavy atom. The van der Waals surface area contributed by atoms with Crippen LogP contribution >= 0.6 is 0 Å². The van der Waals surface area contributed by atoms with Crippen LogP contribution in [0.1, 0.15) is 37.1 Å². The second-order valence-electron chi connectivity index (χ2n) is 7.77. The summed E-state index contributed by atoms with van der Waals surface area (Å²) in [6.45, 7) is 5.01. The van der Waals surface area contributed by atoms with E-state index in [1.54, 1.807) is 52.2 Å². The molecule has 2 heterocycles. The van der Waals surface area contributed by atoms with Crippen LogP contribution in [-0.4, -0.2) is 45.2 Å². The molecule has 0 atom stereocenters. The highest BCUT2D eigenvalue weighted by molar-refractivity contribution is 8.07. The zero-order chi connectivity index (χ0) is 22.8. The minimum atomic E-state index is -3.83. The minimum absolute atomic E-state index is 0.0644. The van der Waals surface area contributed by atoms with E-state index in [4.69, 9.17) is 9.68 Å². The summed E-state index contributed by atoms with van der Waals surface area (Å²) in [6, 6.07) is 6.10. The molecular formula is C19H23N5O6S. The van der Waals surface area contributed by atoms with Crippen molar-refractivity contribution in [3.63, 3.8) is 0 Å². The molecule has 0 amide bonds. The maximum Gasteiger partial charge on any atom is 0.276 e. The number of sulfone groups is 1. The van der Waals surface area contributed by atoms with Crippen LogP contribution in [0.4, 0.5) is 5.69 Å². The van der Waals surface area contributed by atoms with Crippen molar-refractivity contribution < 1.29 is 23.0 Å². The molecule has 0 saturated heterocycles. The van der Waals surface area contributed by atoms with E-state index >= 15 is 0 Å². The van der Waals surface area contributed by atoms with E-state index in [0.29, 0.717) is 16.8 Å². The Balaban J connectivity index is 1.88. The van der Waals surface area contributed by atoms with Crippen LogP contribution in [0.25, 0.3) is 0 Å². The zero-order valence-corrected chi connectivity index (χ0v) is 18.4. The van der Waals surface area contributed by atoms with Crippen LogP contribution in [-0.2, 0) is 33.2 Å². The predicted molar refractivity (Wildman–Crippen MR) is 113 cm³/mol. The number of aryl methyl sites for hydroxylation is 2. The molecule has 1 aliphatic rings. The summed E-state index contributed by atoms with van der Waals surface area (Å²) >= 11 is 0. The van der Waals surface area contributed by atoms with E-state index < -0.39 is 26.1 Å². The summed E-state index contributed by atoms with van der Waals surface area (Å²) in [6.07, 6.45) is 1.78. The Labute approximate surface area is 179 Å². The minimum Gasteiger partial charge on any atom is -0.390 e. The van der Waals surface area contributed by atoms with Gasteiger partial charge in [-0.25, -0.2) is 8.42 Å². The lowest BCUT2D eigenvalue weighted by molar-refractivity contribution is -0.386. The molecule has 1 aliphatic heterocycles. The van der Waals surface area contributed by atoms with Gasteiger partial charge >= 0.3 is 0 Å². The number of para-hydroxylation sites is 1. The van der Waals surface area contributed by atoms with Gasteiger partial charge in [-0.3, -0.25) is 14.8 Å². The highest BCUT2D eigenvalue weighted by atomic mass is 32.2. The average Bonchev–Trinajstić information content (AvgIpc) is 3.22. The van der Waals surface area contributed by atoms with Gasteiger partial charge in [0.05, 0.1) is 16.2 Å². The summed E-state index contributed by atoms with van der Waals surface area (Å²) in [4.78, 5) is 21.2. The Morgan fingerprint density at radius 2 is 2.10 bits per heavy atom. The van der Waals surface area contributed by atoms with Crippen molar-refractivity contribution in [1.29, 1.82) is 0 Å². The number of oxime groups is 2. The van der Waals surface area contributed by atoms with Crippen LogP contribution < -0.4 is 0 Å². The van der Waals surface area contributed by atoms with E-state index in [9.17, 15) is 18.5 Å². The summed E-state index contributed by atoms with van der Waals surface area (Å²) in [5, 5.41) is 23.1. The van der Waals surface area contributed by atoms with Gasteiger partial charge in [-0.15, -0.1) is 0 Å². The Bertz CT molecular complexity index is 1170. The molecule has 3 rings (SSSR count). The molecule has 0 aliphatic carbocycles. The molecule has 0 N–H and O–H groups in total. The molecule has 0 radical (unpaired) electrons. The molecule has 2 aromatic rings. The van der Waals surface area contributed by atoms with Gasteiger partial charge < -0.3 is 9.68 Å².